The Morgan fingerprint density at radius 1 is 1.22 bits per heavy atom. The lowest BCUT2D eigenvalue weighted by Gasteiger charge is -2.24. The van der Waals surface area contributed by atoms with Crippen molar-refractivity contribution in [1.82, 2.24) is 15.6 Å². The molecule has 6 nitrogen and oxygen atoms in total. The summed E-state index contributed by atoms with van der Waals surface area (Å²) in [4.78, 5) is 26.2. The van der Waals surface area contributed by atoms with Crippen molar-refractivity contribution in [2.45, 2.75) is 38.3 Å². The van der Waals surface area contributed by atoms with Crippen LogP contribution in [0.15, 0.2) is 24.3 Å². The normalized spacial score (nSPS) is 23.5. The van der Waals surface area contributed by atoms with E-state index in [0.29, 0.717) is 18.7 Å². The van der Waals surface area contributed by atoms with E-state index in [1.165, 1.54) is 24.3 Å². The summed E-state index contributed by atoms with van der Waals surface area (Å²) in [5.74, 6) is -0.319. The number of likely N-dealkylation sites (tertiary alicyclic amines) is 1. The first-order valence-electron chi connectivity index (χ1n) is 7.91. The van der Waals surface area contributed by atoms with Gasteiger partial charge in [-0.05, 0) is 49.4 Å². The summed E-state index contributed by atoms with van der Waals surface area (Å²) in [6.45, 7) is 2.60. The summed E-state index contributed by atoms with van der Waals surface area (Å²) >= 11 is 0. The van der Waals surface area contributed by atoms with Crippen molar-refractivity contribution in [3.8, 4) is 0 Å². The standard InChI is InChI=1S/C16H21FN4O2/c1-10-8-14(21(9-10)16(23)18-12-6-7-12)15(22)20-19-13-4-2-11(17)3-5-13/h2-5,10,12,14,19H,6-9H2,1H3,(H,18,23)(H,20,22). The van der Waals surface area contributed by atoms with Crippen molar-refractivity contribution in [1.29, 1.82) is 0 Å². The van der Waals surface area contributed by atoms with Crippen LogP contribution in [0.5, 0.6) is 0 Å². The highest BCUT2D eigenvalue weighted by atomic mass is 19.1. The second-order valence-electron chi connectivity index (χ2n) is 6.35. The zero-order chi connectivity index (χ0) is 16.4. The molecule has 3 rings (SSSR count). The maximum atomic E-state index is 12.9. The molecule has 3 amide bonds. The third-order valence-electron chi connectivity index (χ3n) is 4.15. The lowest BCUT2D eigenvalue weighted by atomic mass is 10.1. The van der Waals surface area contributed by atoms with Gasteiger partial charge >= 0.3 is 6.03 Å². The van der Waals surface area contributed by atoms with Crippen LogP contribution in [0.2, 0.25) is 0 Å². The molecule has 2 fully saturated rings. The maximum absolute atomic E-state index is 12.9. The molecular weight excluding hydrogens is 299 g/mol. The molecule has 1 saturated heterocycles. The van der Waals surface area contributed by atoms with Gasteiger partial charge in [-0.1, -0.05) is 6.92 Å². The van der Waals surface area contributed by atoms with E-state index in [2.05, 4.69) is 16.2 Å². The lowest BCUT2D eigenvalue weighted by Crippen LogP contribution is -2.51. The first kappa shape index (κ1) is 15.6. The quantitative estimate of drug-likeness (QED) is 0.741. The minimum absolute atomic E-state index is 0.168. The third kappa shape index (κ3) is 3.91. The number of nitrogens with one attached hydrogen (secondary N) is 3. The Bertz CT molecular complexity index is 588. The first-order valence-corrected chi connectivity index (χ1v) is 7.91. The van der Waals surface area contributed by atoms with Gasteiger partial charge in [0.15, 0.2) is 0 Å². The molecule has 0 aromatic heterocycles. The summed E-state index contributed by atoms with van der Waals surface area (Å²) in [5.41, 5.74) is 5.94. The molecule has 0 radical (unpaired) electrons. The van der Waals surface area contributed by atoms with Gasteiger partial charge in [-0.25, -0.2) is 9.18 Å². The predicted octanol–water partition coefficient (Wildman–Crippen LogP) is 1.85. The first-order chi connectivity index (χ1) is 11.0. The highest BCUT2D eigenvalue weighted by molar-refractivity contribution is 5.88. The number of anilines is 1. The zero-order valence-electron chi connectivity index (χ0n) is 13.0. The molecule has 1 aliphatic heterocycles. The zero-order valence-corrected chi connectivity index (χ0v) is 13.0. The van der Waals surface area contributed by atoms with Crippen LogP contribution in [0.25, 0.3) is 0 Å². The number of urea groups is 1. The molecule has 0 spiro atoms. The molecular formula is C16H21FN4O2. The van der Waals surface area contributed by atoms with Crippen LogP contribution < -0.4 is 16.2 Å². The highest BCUT2D eigenvalue weighted by Crippen LogP contribution is 2.25. The van der Waals surface area contributed by atoms with E-state index in [0.717, 1.165) is 12.8 Å². The van der Waals surface area contributed by atoms with E-state index >= 15 is 0 Å². The van der Waals surface area contributed by atoms with E-state index in [-0.39, 0.29) is 29.7 Å². The van der Waals surface area contributed by atoms with Gasteiger partial charge in [0.2, 0.25) is 0 Å². The SMILES string of the molecule is CC1CC(C(=O)NNc2ccc(F)cc2)N(C(=O)NC2CC2)C1. The Morgan fingerprint density at radius 3 is 2.57 bits per heavy atom. The van der Waals surface area contributed by atoms with E-state index in [9.17, 15) is 14.0 Å². The number of hydrazine groups is 1. The highest BCUT2D eigenvalue weighted by Gasteiger charge is 2.39. The summed E-state index contributed by atoms with van der Waals surface area (Å²) in [5, 5.41) is 2.93. The second kappa shape index (κ2) is 6.44. The van der Waals surface area contributed by atoms with Crippen LogP contribution in [0.4, 0.5) is 14.9 Å². The van der Waals surface area contributed by atoms with Gasteiger partial charge in [-0.2, -0.15) is 0 Å². The molecule has 3 N–H and O–H groups in total. The maximum Gasteiger partial charge on any atom is 0.318 e. The number of amides is 3. The Labute approximate surface area is 134 Å². The van der Waals surface area contributed by atoms with E-state index in [4.69, 9.17) is 0 Å². The predicted molar refractivity (Wildman–Crippen MR) is 84.0 cm³/mol. The lowest BCUT2D eigenvalue weighted by molar-refractivity contribution is -0.124. The third-order valence-corrected chi connectivity index (χ3v) is 4.15. The van der Waals surface area contributed by atoms with Gasteiger partial charge in [0, 0.05) is 12.6 Å². The number of hydrogen-bond acceptors (Lipinski definition) is 3. The fourth-order valence-electron chi connectivity index (χ4n) is 2.75. The van der Waals surface area contributed by atoms with Crippen LogP contribution in [0, 0.1) is 11.7 Å². The van der Waals surface area contributed by atoms with Crippen molar-refractivity contribution >= 4 is 17.6 Å². The van der Waals surface area contributed by atoms with Crippen molar-refractivity contribution < 1.29 is 14.0 Å². The number of hydrogen-bond donors (Lipinski definition) is 3. The average molecular weight is 320 g/mol. The molecule has 2 aliphatic rings. The molecule has 1 aromatic rings. The van der Waals surface area contributed by atoms with Gasteiger partial charge in [0.1, 0.15) is 11.9 Å². The molecule has 2 unspecified atom stereocenters. The van der Waals surface area contributed by atoms with E-state index in [1.54, 1.807) is 4.90 Å². The molecule has 124 valence electrons. The van der Waals surface area contributed by atoms with Crippen molar-refractivity contribution in [2.75, 3.05) is 12.0 Å². The molecule has 7 heteroatoms. The number of nitrogens with zero attached hydrogens (tertiary/aromatic N) is 1. The molecule has 1 aromatic carbocycles. The molecule has 1 heterocycles. The number of rotatable bonds is 4. The van der Waals surface area contributed by atoms with Crippen LogP contribution in [0.3, 0.4) is 0 Å². The molecule has 0 bridgehead atoms. The summed E-state index contributed by atoms with van der Waals surface area (Å²) in [6, 6.07) is 5.28. The van der Waals surface area contributed by atoms with E-state index < -0.39 is 6.04 Å². The minimum Gasteiger partial charge on any atom is -0.335 e. The van der Waals surface area contributed by atoms with Crippen molar-refractivity contribution in [2.24, 2.45) is 5.92 Å². The topological polar surface area (TPSA) is 73.5 Å². The number of benzene rings is 1. The van der Waals surface area contributed by atoms with Crippen molar-refractivity contribution in [3.05, 3.63) is 30.1 Å². The van der Waals surface area contributed by atoms with Crippen LogP contribution >= 0.6 is 0 Å². The number of halogens is 1. The monoisotopic (exact) mass is 320 g/mol. The molecule has 1 saturated carbocycles. The van der Waals surface area contributed by atoms with Gasteiger partial charge in [0.25, 0.3) is 5.91 Å². The fourth-order valence-corrected chi connectivity index (χ4v) is 2.75. The van der Waals surface area contributed by atoms with Gasteiger partial charge in [-0.15, -0.1) is 0 Å². The van der Waals surface area contributed by atoms with Gasteiger partial charge < -0.3 is 10.2 Å². The Hall–Kier alpha value is -2.31. The summed E-state index contributed by atoms with van der Waals surface area (Å²) < 4.78 is 12.9. The Balaban J connectivity index is 1.57. The van der Waals surface area contributed by atoms with Gasteiger partial charge in [-0.3, -0.25) is 15.6 Å². The van der Waals surface area contributed by atoms with Crippen LogP contribution in [-0.2, 0) is 4.79 Å². The molecule has 2 atom stereocenters. The van der Waals surface area contributed by atoms with E-state index in [1.807, 2.05) is 6.92 Å². The number of carbonyl (C=O) groups excluding carboxylic acids is 2. The molecule has 23 heavy (non-hydrogen) atoms. The molecule has 1 aliphatic carbocycles. The Kier molecular flexibility index (Phi) is 4.36. The fraction of sp³-hybridized carbons (Fsp3) is 0.500. The second-order valence-corrected chi connectivity index (χ2v) is 6.35. The summed E-state index contributed by atoms with van der Waals surface area (Å²) in [6.07, 6.45) is 2.66. The van der Waals surface area contributed by atoms with Crippen LogP contribution in [-0.4, -0.2) is 35.5 Å². The largest absolute Gasteiger partial charge is 0.335 e. The van der Waals surface area contributed by atoms with Gasteiger partial charge in [0.05, 0.1) is 5.69 Å². The van der Waals surface area contributed by atoms with Crippen molar-refractivity contribution in [3.63, 3.8) is 0 Å². The Morgan fingerprint density at radius 2 is 1.91 bits per heavy atom. The summed E-state index contributed by atoms with van der Waals surface area (Å²) in [7, 11) is 0. The van der Waals surface area contributed by atoms with Crippen LogP contribution in [0.1, 0.15) is 26.2 Å². The minimum atomic E-state index is -0.489. The average Bonchev–Trinajstić information content (AvgIpc) is 3.25. The smallest absolute Gasteiger partial charge is 0.318 e. The number of carbonyl (C=O) groups is 2.